The molecule has 7 nitrogen and oxygen atoms in total. The van der Waals surface area contributed by atoms with Crippen LogP contribution >= 0.6 is 39.3 Å². The maximum absolute atomic E-state index is 13.7. The molecular formula is C21H18BrClF3N3O4S. The standard InChI is InChI=1S/C21H18BrClF3N3O4S/c1-32-19-17(29-7-10(5-28-29)9-2-12(24)16(26)13(25)3-9)18(31)14(8-30)33-21(19)34-15-4-11(23)6-27-20(15)22/h2-7,14,17-19,21,30-31H,8H2,1H3/t14?,17-,18-,19?,21+/m0/s1. The summed E-state index contributed by atoms with van der Waals surface area (Å²) < 4.78 is 54.2. The fourth-order valence-corrected chi connectivity index (χ4v) is 5.61. The third-order valence-electron chi connectivity index (χ3n) is 5.34. The number of aromatic nitrogens is 3. The lowest BCUT2D eigenvalue weighted by Crippen LogP contribution is -2.55. The molecule has 1 fully saturated rings. The molecule has 1 aliphatic heterocycles. The van der Waals surface area contributed by atoms with E-state index in [-0.39, 0.29) is 11.1 Å². The number of hydrogen-bond acceptors (Lipinski definition) is 7. The number of methoxy groups -OCH3 is 1. The molecule has 0 bridgehead atoms. The van der Waals surface area contributed by atoms with Gasteiger partial charge < -0.3 is 19.7 Å². The first-order valence-electron chi connectivity index (χ1n) is 9.87. The van der Waals surface area contributed by atoms with Gasteiger partial charge >= 0.3 is 0 Å². The number of nitrogens with zero attached hydrogens (tertiary/aromatic N) is 3. The van der Waals surface area contributed by atoms with E-state index >= 15 is 0 Å². The van der Waals surface area contributed by atoms with Crippen LogP contribution in [0.1, 0.15) is 6.04 Å². The van der Waals surface area contributed by atoms with E-state index in [9.17, 15) is 23.4 Å². The maximum atomic E-state index is 13.7. The second-order valence-electron chi connectivity index (χ2n) is 7.43. The van der Waals surface area contributed by atoms with Crippen molar-refractivity contribution in [3.63, 3.8) is 0 Å². The summed E-state index contributed by atoms with van der Waals surface area (Å²) in [6.45, 7) is -0.483. The van der Waals surface area contributed by atoms with Crippen molar-refractivity contribution in [2.45, 2.75) is 34.7 Å². The van der Waals surface area contributed by atoms with Gasteiger partial charge in [0, 0.05) is 30.0 Å². The Bertz CT molecular complexity index is 1170. The van der Waals surface area contributed by atoms with Crippen molar-refractivity contribution in [3.8, 4) is 11.1 Å². The molecule has 3 heterocycles. The van der Waals surface area contributed by atoms with Gasteiger partial charge in [0.2, 0.25) is 0 Å². The zero-order chi connectivity index (χ0) is 24.6. The van der Waals surface area contributed by atoms with Gasteiger partial charge in [-0.2, -0.15) is 5.10 Å². The Labute approximate surface area is 210 Å². The summed E-state index contributed by atoms with van der Waals surface area (Å²) in [6, 6.07) is 2.54. The smallest absolute Gasteiger partial charge is 0.194 e. The number of aliphatic hydroxyl groups excluding tert-OH is 2. The topological polar surface area (TPSA) is 89.6 Å². The number of benzene rings is 1. The predicted octanol–water partition coefficient (Wildman–Crippen LogP) is 4.20. The highest BCUT2D eigenvalue weighted by molar-refractivity contribution is 9.10. The minimum absolute atomic E-state index is 0.0664. The van der Waals surface area contributed by atoms with Crippen LogP contribution in [-0.4, -0.2) is 62.4 Å². The summed E-state index contributed by atoms with van der Waals surface area (Å²) in [5.74, 6) is -4.23. The van der Waals surface area contributed by atoms with Gasteiger partial charge in [0.1, 0.15) is 34.4 Å². The Morgan fingerprint density at radius 2 is 1.91 bits per heavy atom. The second-order valence-corrected chi connectivity index (χ2v) is 9.76. The van der Waals surface area contributed by atoms with Gasteiger partial charge in [0.15, 0.2) is 17.5 Å². The van der Waals surface area contributed by atoms with Crippen molar-refractivity contribution in [2.24, 2.45) is 0 Å². The van der Waals surface area contributed by atoms with E-state index in [1.165, 1.54) is 42.1 Å². The van der Waals surface area contributed by atoms with E-state index in [1.807, 2.05) is 0 Å². The van der Waals surface area contributed by atoms with Crippen molar-refractivity contribution in [2.75, 3.05) is 13.7 Å². The van der Waals surface area contributed by atoms with Crippen molar-refractivity contribution >= 4 is 39.3 Å². The molecule has 1 aliphatic rings. The molecular weight excluding hydrogens is 563 g/mol. The third-order valence-corrected chi connectivity index (χ3v) is 7.62. The van der Waals surface area contributed by atoms with Crippen LogP contribution < -0.4 is 0 Å². The summed E-state index contributed by atoms with van der Waals surface area (Å²) in [4.78, 5) is 4.79. The molecule has 34 heavy (non-hydrogen) atoms. The first-order chi connectivity index (χ1) is 16.2. The molecule has 4 rings (SSSR count). The SMILES string of the molecule is COC1[C@@H](Sc2cc(Cl)cnc2Br)OC(CO)[C@H](O)[C@@H]1n1cc(-c2cc(F)c(F)c(F)c2)cn1. The molecule has 5 atom stereocenters. The minimum atomic E-state index is -1.57. The van der Waals surface area contributed by atoms with Gasteiger partial charge in [-0.1, -0.05) is 23.4 Å². The van der Waals surface area contributed by atoms with Gasteiger partial charge in [-0.05, 0) is 39.7 Å². The molecule has 1 saturated heterocycles. The molecule has 0 radical (unpaired) electrons. The van der Waals surface area contributed by atoms with E-state index in [1.54, 1.807) is 6.07 Å². The Morgan fingerprint density at radius 1 is 1.21 bits per heavy atom. The van der Waals surface area contributed by atoms with Gasteiger partial charge in [-0.15, -0.1) is 0 Å². The number of rotatable bonds is 6. The fraction of sp³-hybridized carbons (Fsp3) is 0.333. The van der Waals surface area contributed by atoms with E-state index in [0.29, 0.717) is 14.5 Å². The monoisotopic (exact) mass is 579 g/mol. The summed E-state index contributed by atoms with van der Waals surface area (Å²) in [5.41, 5.74) is -0.366. The van der Waals surface area contributed by atoms with Crippen LogP contribution in [0.2, 0.25) is 5.02 Å². The Hall–Kier alpha value is -1.67. The van der Waals surface area contributed by atoms with Crippen LogP contribution in [0.4, 0.5) is 13.2 Å². The average molecular weight is 581 g/mol. The lowest BCUT2D eigenvalue weighted by Gasteiger charge is -2.43. The van der Waals surface area contributed by atoms with Crippen molar-refractivity contribution < 1.29 is 32.9 Å². The molecule has 13 heteroatoms. The highest BCUT2D eigenvalue weighted by Crippen LogP contribution is 2.41. The molecule has 0 amide bonds. The fourth-order valence-electron chi connectivity index (χ4n) is 3.69. The number of ether oxygens (including phenoxy) is 2. The maximum Gasteiger partial charge on any atom is 0.194 e. The van der Waals surface area contributed by atoms with Crippen LogP contribution in [0.3, 0.4) is 0 Å². The first kappa shape index (κ1) is 25.4. The van der Waals surface area contributed by atoms with Crippen LogP contribution in [-0.2, 0) is 9.47 Å². The van der Waals surface area contributed by atoms with E-state index in [0.717, 1.165) is 12.1 Å². The molecule has 0 aliphatic carbocycles. The quantitative estimate of drug-likeness (QED) is 0.334. The molecule has 1 aromatic carbocycles. The first-order valence-corrected chi connectivity index (χ1v) is 11.9. The van der Waals surface area contributed by atoms with Crippen LogP contribution in [0.25, 0.3) is 11.1 Å². The lowest BCUT2D eigenvalue weighted by molar-refractivity contribution is -0.186. The molecule has 0 saturated carbocycles. The number of halogens is 5. The van der Waals surface area contributed by atoms with E-state index < -0.39 is 53.8 Å². The second kappa shape index (κ2) is 10.5. The Kier molecular flexibility index (Phi) is 7.87. The predicted molar refractivity (Wildman–Crippen MR) is 122 cm³/mol. The number of thioether (sulfide) groups is 1. The van der Waals surface area contributed by atoms with Crippen molar-refractivity contribution in [3.05, 3.63) is 63.9 Å². The Morgan fingerprint density at radius 3 is 2.56 bits per heavy atom. The number of aliphatic hydroxyl groups is 2. The molecule has 2 aromatic heterocycles. The van der Waals surface area contributed by atoms with Crippen LogP contribution in [0.15, 0.2) is 46.3 Å². The summed E-state index contributed by atoms with van der Waals surface area (Å²) >= 11 is 10.6. The third kappa shape index (κ3) is 4.99. The van der Waals surface area contributed by atoms with Crippen molar-refractivity contribution in [1.82, 2.24) is 14.8 Å². The average Bonchev–Trinajstić information content (AvgIpc) is 3.29. The summed E-state index contributed by atoms with van der Waals surface area (Å²) in [5, 5.41) is 25.4. The normalized spacial score (nSPS) is 25.0. The Balaban J connectivity index is 1.69. The van der Waals surface area contributed by atoms with Crippen molar-refractivity contribution in [1.29, 1.82) is 0 Å². The van der Waals surface area contributed by atoms with E-state index in [2.05, 4.69) is 26.0 Å². The molecule has 3 aromatic rings. The van der Waals surface area contributed by atoms with Gasteiger partial charge in [0.05, 0.1) is 17.8 Å². The largest absolute Gasteiger partial charge is 0.394 e. The summed E-state index contributed by atoms with van der Waals surface area (Å²) in [6.07, 6.45) is 1.26. The summed E-state index contributed by atoms with van der Waals surface area (Å²) in [7, 11) is 1.43. The van der Waals surface area contributed by atoms with Gasteiger partial charge in [-0.25, -0.2) is 18.2 Å². The molecule has 2 unspecified atom stereocenters. The van der Waals surface area contributed by atoms with E-state index in [4.69, 9.17) is 21.1 Å². The number of pyridine rings is 1. The molecule has 0 spiro atoms. The van der Waals surface area contributed by atoms with Crippen LogP contribution in [0.5, 0.6) is 0 Å². The molecule has 182 valence electrons. The number of hydrogen-bond donors (Lipinski definition) is 2. The van der Waals surface area contributed by atoms with Gasteiger partial charge in [0.25, 0.3) is 0 Å². The zero-order valence-corrected chi connectivity index (χ0v) is 20.6. The highest BCUT2D eigenvalue weighted by atomic mass is 79.9. The minimum Gasteiger partial charge on any atom is -0.394 e. The highest BCUT2D eigenvalue weighted by Gasteiger charge is 2.47. The lowest BCUT2D eigenvalue weighted by atomic mass is 9.97. The zero-order valence-electron chi connectivity index (χ0n) is 17.4. The van der Waals surface area contributed by atoms with Gasteiger partial charge in [-0.3, -0.25) is 4.68 Å². The molecule has 2 N–H and O–H groups in total. The van der Waals surface area contributed by atoms with Crippen LogP contribution in [0, 0.1) is 17.5 Å².